The second kappa shape index (κ2) is 5.73. The summed E-state index contributed by atoms with van der Waals surface area (Å²) in [4.78, 5) is 12.0. The van der Waals surface area contributed by atoms with E-state index >= 15 is 0 Å². The molecule has 0 saturated carbocycles. The molecule has 0 unspecified atom stereocenters. The molecular formula is C12H14BrNOS. The fraction of sp³-hybridized carbons (Fsp3) is 0.417. The molecule has 0 aliphatic carbocycles. The fourth-order valence-corrected chi connectivity index (χ4v) is 3.09. The standard InChI is InChI=1S/C12H14BrNOS/c13-12(15)14-6-5-9-3-4-11-10(8-9)2-1-7-16-11/h3-4,8H,1-2,5-7H2,(H,14,15). The van der Waals surface area contributed by atoms with Crippen LogP contribution in [-0.4, -0.2) is 17.1 Å². The zero-order chi connectivity index (χ0) is 11.4. The first-order chi connectivity index (χ1) is 7.75. The molecule has 0 saturated heterocycles. The van der Waals surface area contributed by atoms with Crippen LogP contribution in [0.15, 0.2) is 23.1 Å². The quantitative estimate of drug-likeness (QED) is 0.685. The third-order valence-electron chi connectivity index (χ3n) is 2.65. The summed E-state index contributed by atoms with van der Waals surface area (Å²) in [6.45, 7) is 0.690. The van der Waals surface area contributed by atoms with Crippen molar-refractivity contribution >= 4 is 32.5 Å². The van der Waals surface area contributed by atoms with E-state index in [2.05, 4.69) is 39.4 Å². The Balaban J connectivity index is 1.97. The average molecular weight is 300 g/mol. The predicted octanol–water partition coefficient (Wildman–Crippen LogP) is 3.37. The van der Waals surface area contributed by atoms with Gasteiger partial charge >= 0.3 is 0 Å². The van der Waals surface area contributed by atoms with Gasteiger partial charge in [0.1, 0.15) is 0 Å². The molecule has 16 heavy (non-hydrogen) atoms. The number of nitrogens with one attached hydrogen (secondary N) is 1. The van der Waals surface area contributed by atoms with Gasteiger partial charge in [-0.15, -0.1) is 11.8 Å². The molecule has 0 radical (unpaired) electrons. The molecule has 1 N–H and O–H groups in total. The Morgan fingerprint density at radius 1 is 1.50 bits per heavy atom. The third kappa shape index (κ3) is 3.25. The van der Waals surface area contributed by atoms with Crippen molar-refractivity contribution in [1.29, 1.82) is 0 Å². The first-order valence-corrected chi connectivity index (χ1v) is 7.21. The van der Waals surface area contributed by atoms with Crippen molar-refractivity contribution in [3.8, 4) is 0 Å². The molecule has 0 spiro atoms. The lowest BCUT2D eigenvalue weighted by atomic mass is 10.0. The highest BCUT2D eigenvalue weighted by atomic mass is 79.9. The van der Waals surface area contributed by atoms with Crippen molar-refractivity contribution in [2.24, 2.45) is 0 Å². The molecule has 2 nitrogen and oxygen atoms in total. The highest BCUT2D eigenvalue weighted by Crippen LogP contribution is 2.30. The number of carbonyl (C=O) groups is 1. The molecule has 0 bridgehead atoms. The molecule has 1 aromatic rings. The van der Waals surface area contributed by atoms with Gasteiger partial charge in [-0.05, 0) is 42.2 Å². The van der Waals surface area contributed by atoms with Gasteiger partial charge in [0.05, 0.1) is 0 Å². The lowest BCUT2D eigenvalue weighted by Crippen LogP contribution is -2.19. The van der Waals surface area contributed by atoms with Crippen LogP contribution >= 0.6 is 27.7 Å². The van der Waals surface area contributed by atoms with Gasteiger partial charge in [-0.2, -0.15) is 0 Å². The Bertz CT molecular complexity index is 395. The Hall–Kier alpha value is -0.480. The van der Waals surface area contributed by atoms with Gasteiger partial charge in [-0.1, -0.05) is 12.1 Å². The first kappa shape index (κ1) is 12.0. The number of amides is 1. The van der Waals surface area contributed by atoms with Gasteiger partial charge in [-0.25, -0.2) is 0 Å². The molecule has 4 heteroatoms. The van der Waals surface area contributed by atoms with Crippen LogP contribution in [0.1, 0.15) is 17.5 Å². The lowest BCUT2D eigenvalue weighted by molar-refractivity contribution is 0.262. The Morgan fingerprint density at radius 2 is 2.38 bits per heavy atom. The van der Waals surface area contributed by atoms with Crippen LogP contribution in [0.5, 0.6) is 0 Å². The van der Waals surface area contributed by atoms with Gasteiger partial charge < -0.3 is 5.32 Å². The van der Waals surface area contributed by atoms with Gasteiger partial charge in [0.25, 0.3) is 4.82 Å². The van der Waals surface area contributed by atoms with Gasteiger partial charge in [0.2, 0.25) is 0 Å². The Morgan fingerprint density at radius 3 is 3.19 bits per heavy atom. The zero-order valence-electron chi connectivity index (χ0n) is 8.96. The van der Waals surface area contributed by atoms with E-state index in [9.17, 15) is 4.79 Å². The number of hydrogen-bond acceptors (Lipinski definition) is 2. The molecule has 1 aliphatic rings. The Kier molecular flexibility index (Phi) is 4.29. The largest absolute Gasteiger partial charge is 0.346 e. The lowest BCUT2D eigenvalue weighted by Gasteiger charge is -2.16. The monoisotopic (exact) mass is 299 g/mol. The molecule has 2 rings (SSSR count). The maximum Gasteiger partial charge on any atom is 0.287 e. The fourth-order valence-electron chi connectivity index (χ4n) is 1.87. The van der Waals surface area contributed by atoms with E-state index in [1.54, 1.807) is 0 Å². The normalized spacial score (nSPS) is 14.3. The molecule has 1 amide bonds. The highest BCUT2D eigenvalue weighted by molar-refractivity contribution is 9.18. The van der Waals surface area contributed by atoms with E-state index in [1.165, 1.54) is 34.6 Å². The molecule has 0 aromatic heterocycles. The van der Waals surface area contributed by atoms with Crippen molar-refractivity contribution < 1.29 is 4.79 Å². The SMILES string of the molecule is O=C(Br)NCCc1ccc2c(c1)CCCS2. The van der Waals surface area contributed by atoms with E-state index < -0.39 is 0 Å². The molecule has 1 aromatic carbocycles. The summed E-state index contributed by atoms with van der Waals surface area (Å²) in [5, 5.41) is 2.75. The van der Waals surface area contributed by atoms with E-state index in [4.69, 9.17) is 0 Å². The van der Waals surface area contributed by atoms with Crippen molar-refractivity contribution in [3.05, 3.63) is 29.3 Å². The van der Waals surface area contributed by atoms with Crippen LogP contribution in [0, 0.1) is 0 Å². The van der Waals surface area contributed by atoms with E-state index in [1.807, 2.05) is 11.8 Å². The van der Waals surface area contributed by atoms with Gasteiger partial charge in [-0.3, -0.25) is 4.79 Å². The summed E-state index contributed by atoms with van der Waals surface area (Å²) < 4.78 is 0. The summed E-state index contributed by atoms with van der Waals surface area (Å²) in [6, 6.07) is 6.66. The smallest absolute Gasteiger partial charge is 0.287 e. The number of hydrogen-bond donors (Lipinski definition) is 1. The van der Waals surface area contributed by atoms with Crippen molar-refractivity contribution in [3.63, 3.8) is 0 Å². The zero-order valence-corrected chi connectivity index (χ0v) is 11.4. The predicted molar refractivity (Wildman–Crippen MR) is 71.5 cm³/mol. The van der Waals surface area contributed by atoms with E-state index in [-0.39, 0.29) is 4.82 Å². The summed E-state index contributed by atoms with van der Waals surface area (Å²) in [5.74, 6) is 1.24. The molecule has 0 fully saturated rings. The molecule has 0 atom stereocenters. The Labute approximate surface area is 108 Å². The number of fused-ring (bicyclic) bond motifs is 1. The maximum absolute atomic E-state index is 10.7. The van der Waals surface area contributed by atoms with E-state index in [0.717, 1.165) is 6.42 Å². The van der Waals surface area contributed by atoms with Crippen LogP contribution in [-0.2, 0) is 12.8 Å². The number of benzene rings is 1. The number of halogens is 1. The van der Waals surface area contributed by atoms with Crippen molar-refractivity contribution in [2.45, 2.75) is 24.2 Å². The minimum absolute atomic E-state index is 0.138. The van der Waals surface area contributed by atoms with Crippen molar-refractivity contribution in [1.82, 2.24) is 5.32 Å². The molecule has 1 heterocycles. The van der Waals surface area contributed by atoms with Gasteiger partial charge in [0.15, 0.2) is 0 Å². The summed E-state index contributed by atoms with van der Waals surface area (Å²) in [7, 11) is 0. The summed E-state index contributed by atoms with van der Waals surface area (Å²) in [6.07, 6.45) is 3.37. The molecule has 86 valence electrons. The van der Waals surface area contributed by atoms with E-state index in [0.29, 0.717) is 6.54 Å². The number of thioether (sulfide) groups is 1. The summed E-state index contributed by atoms with van der Waals surface area (Å²) in [5.41, 5.74) is 2.78. The second-order valence-electron chi connectivity index (χ2n) is 3.84. The molecule has 1 aliphatic heterocycles. The second-order valence-corrected chi connectivity index (χ2v) is 5.70. The van der Waals surface area contributed by atoms with Gasteiger partial charge in [0, 0.05) is 27.4 Å². The van der Waals surface area contributed by atoms with Crippen LogP contribution in [0.3, 0.4) is 0 Å². The number of rotatable bonds is 3. The van der Waals surface area contributed by atoms with Crippen LogP contribution in [0.2, 0.25) is 0 Å². The number of carbonyl (C=O) groups excluding carboxylic acids is 1. The van der Waals surface area contributed by atoms with Crippen LogP contribution in [0.4, 0.5) is 4.79 Å². The third-order valence-corrected chi connectivity index (χ3v) is 4.13. The first-order valence-electron chi connectivity index (χ1n) is 5.43. The minimum atomic E-state index is -0.138. The average Bonchev–Trinajstić information content (AvgIpc) is 2.28. The van der Waals surface area contributed by atoms with Crippen LogP contribution < -0.4 is 5.32 Å². The highest BCUT2D eigenvalue weighted by Gasteiger charge is 2.09. The topological polar surface area (TPSA) is 29.1 Å². The van der Waals surface area contributed by atoms with Crippen molar-refractivity contribution in [2.75, 3.05) is 12.3 Å². The number of aryl methyl sites for hydroxylation is 1. The maximum atomic E-state index is 10.7. The van der Waals surface area contributed by atoms with Crippen LogP contribution in [0.25, 0.3) is 0 Å². The summed E-state index contributed by atoms with van der Waals surface area (Å²) >= 11 is 4.80. The molecular weight excluding hydrogens is 286 g/mol. The minimum Gasteiger partial charge on any atom is -0.346 e.